The van der Waals surface area contributed by atoms with Crippen LogP contribution in [-0.4, -0.2) is 11.8 Å². The van der Waals surface area contributed by atoms with Crippen molar-refractivity contribution in [1.82, 2.24) is 0 Å². The van der Waals surface area contributed by atoms with Crippen molar-refractivity contribution >= 4 is 17.5 Å². The molecular formula is C19H15FN2O4. The second kappa shape index (κ2) is 7.52. The average molecular weight is 354 g/mol. The maximum absolute atomic E-state index is 12.9. The zero-order valence-electron chi connectivity index (χ0n) is 13.6. The van der Waals surface area contributed by atoms with E-state index in [-0.39, 0.29) is 23.7 Å². The molecule has 0 spiro atoms. The smallest absolute Gasteiger partial charge is 0.291 e. The first-order valence-corrected chi connectivity index (χ1v) is 7.70. The molecule has 0 bridgehead atoms. The molecule has 3 N–H and O–H groups in total. The van der Waals surface area contributed by atoms with Crippen molar-refractivity contribution in [3.05, 3.63) is 83.6 Å². The number of halogens is 1. The predicted octanol–water partition coefficient (Wildman–Crippen LogP) is 3.35. The van der Waals surface area contributed by atoms with Gasteiger partial charge in [-0.3, -0.25) is 9.59 Å². The molecule has 0 aliphatic carbocycles. The lowest BCUT2D eigenvalue weighted by Gasteiger charge is -2.07. The number of rotatable bonds is 6. The Kier molecular flexibility index (Phi) is 4.98. The van der Waals surface area contributed by atoms with Crippen LogP contribution in [-0.2, 0) is 6.61 Å². The van der Waals surface area contributed by atoms with E-state index in [1.165, 1.54) is 36.4 Å². The highest BCUT2D eigenvalue weighted by molar-refractivity contribution is 6.07. The number of furan rings is 1. The zero-order chi connectivity index (χ0) is 18.5. The molecule has 7 heteroatoms. The van der Waals surface area contributed by atoms with Gasteiger partial charge in [-0.05, 0) is 48.5 Å². The Morgan fingerprint density at radius 3 is 2.50 bits per heavy atom. The SMILES string of the molecule is NC(=O)c1ccccc1NC(=O)c1ccc(COc2ccc(F)cc2)o1. The molecule has 0 saturated heterocycles. The summed E-state index contributed by atoms with van der Waals surface area (Å²) >= 11 is 0. The lowest BCUT2D eigenvalue weighted by Crippen LogP contribution is -2.17. The number of hydrogen-bond donors (Lipinski definition) is 2. The summed E-state index contributed by atoms with van der Waals surface area (Å²) in [4.78, 5) is 23.7. The molecule has 3 aromatic rings. The number of carbonyl (C=O) groups is 2. The van der Waals surface area contributed by atoms with E-state index in [4.69, 9.17) is 14.9 Å². The van der Waals surface area contributed by atoms with Crippen LogP contribution in [0.3, 0.4) is 0 Å². The fourth-order valence-corrected chi connectivity index (χ4v) is 2.25. The molecular weight excluding hydrogens is 339 g/mol. The summed E-state index contributed by atoms with van der Waals surface area (Å²) in [6.07, 6.45) is 0. The normalized spacial score (nSPS) is 10.3. The summed E-state index contributed by atoms with van der Waals surface area (Å²) in [6.45, 7) is 0.0801. The van der Waals surface area contributed by atoms with Gasteiger partial charge < -0.3 is 20.2 Å². The minimum atomic E-state index is -0.645. The lowest BCUT2D eigenvalue weighted by atomic mass is 10.1. The molecule has 26 heavy (non-hydrogen) atoms. The molecule has 1 heterocycles. The second-order valence-electron chi connectivity index (χ2n) is 5.37. The lowest BCUT2D eigenvalue weighted by molar-refractivity contribution is 0.0992. The molecule has 0 saturated carbocycles. The monoisotopic (exact) mass is 354 g/mol. The van der Waals surface area contributed by atoms with Crippen LogP contribution in [0.1, 0.15) is 26.7 Å². The average Bonchev–Trinajstić information content (AvgIpc) is 3.11. The van der Waals surface area contributed by atoms with Gasteiger partial charge in [0.15, 0.2) is 5.76 Å². The highest BCUT2D eigenvalue weighted by Gasteiger charge is 2.15. The van der Waals surface area contributed by atoms with Crippen molar-refractivity contribution in [1.29, 1.82) is 0 Å². The molecule has 1 aromatic heterocycles. The molecule has 0 atom stereocenters. The minimum Gasteiger partial charge on any atom is -0.486 e. The fourth-order valence-electron chi connectivity index (χ4n) is 2.25. The molecule has 0 unspecified atom stereocenters. The first kappa shape index (κ1) is 17.2. The van der Waals surface area contributed by atoms with E-state index in [9.17, 15) is 14.0 Å². The van der Waals surface area contributed by atoms with E-state index in [0.717, 1.165) is 0 Å². The number of nitrogens with one attached hydrogen (secondary N) is 1. The quantitative estimate of drug-likeness (QED) is 0.710. The summed E-state index contributed by atoms with van der Waals surface area (Å²) in [7, 11) is 0. The van der Waals surface area contributed by atoms with Crippen molar-refractivity contribution in [2.24, 2.45) is 5.73 Å². The number of para-hydroxylation sites is 1. The molecule has 0 fully saturated rings. The topological polar surface area (TPSA) is 94.6 Å². The van der Waals surface area contributed by atoms with E-state index in [1.807, 2.05) is 0 Å². The Balaban J connectivity index is 1.65. The number of ether oxygens (including phenoxy) is 1. The van der Waals surface area contributed by atoms with Crippen molar-refractivity contribution < 1.29 is 23.1 Å². The summed E-state index contributed by atoms with van der Waals surface area (Å²) in [5, 5.41) is 2.59. The third-order valence-corrected chi connectivity index (χ3v) is 3.52. The van der Waals surface area contributed by atoms with Crippen LogP contribution in [0, 0.1) is 5.82 Å². The largest absolute Gasteiger partial charge is 0.486 e. The van der Waals surface area contributed by atoms with Crippen LogP contribution in [0.25, 0.3) is 0 Å². The maximum atomic E-state index is 12.9. The molecule has 2 aromatic carbocycles. The number of primary amides is 1. The van der Waals surface area contributed by atoms with Gasteiger partial charge in [-0.15, -0.1) is 0 Å². The Bertz CT molecular complexity index is 935. The van der Waals surface area contributed by atoms with Gasteiger partial charge in [-0.1, -0.05) is 12.1 Å². The number of nitrogens with two attached hydrogens (primary N) is 1. The van der Waals surface area contributed by atoms with Crippen LogP contribution < -0.4 is 15.8 Å². The van der Waals surface area contributed by atoms with Gasteiger partial charge in [-0.2, -0.15) is 0 Å². The van der Waals surface area contributed by atoms with E-state index < -0.39 is 11.8 Å². The number of carbonyl (C=O) groups excluding carboxylic acids is 2. The maximum Gasteiger partial charge on any atom is 0.291 e. The fraction of sp³-hybridized carbons (Fsp3) is 0.0526. The summed E-state index contributed by atoms with van der Waals surface area (Å²) in [6, 6.07) is 15.0. The predicted molar refractivity (Wildman–Crippen MR) is 92.4 cm³/mol. The molecule has 2 amide bonds. The molecule has 0 aliphatic rings. The molecule has 132 valence electrons. The van der Waals surface area contributed by atoms with Gasteiger partial charge in [0.05, 0.1) is 11.3 Å². The minimum absolute atomic E-state index is 0.0574. The van der Waals surface area contributed by atoms with Crippen molar-refractivity contribution in [2.45, 2.75) is 6.61 Å². The second-order valence-corrected chi connectivity index (χ2v) is 5.37. The Morgan fingerprint density at radius 2 is 1.77 bits per heavy atom. The molecule has 3 rings (SSSR count). The third-order valence-electron chi connectivity index (χ3n) is 3.52. The van der Waals surface area contributed by atoms with E-state index in [2.05, 4.69) is 5.32 Å². The highest BCUT2D eigenvalue weighted by atomic mass is 19.1. The van der Waals surface area contributed by atoms with E-state index in [0.29, 0.717) is 17.2 Å². The van der Waals surface area contributed by atoms with Gasteiger partial charge >= 0.3 is 0 Å². The van der Waals surface area contributed by atoms with E-state index in [1.54, 1.807) is 24.3 Å². The summed E-state index contributed by atoms with van der Waals surface area (Å²) in [5.74, 6) is -0.570. The Hall–Kier alpha value is -3.61. The first-order valence-electron chi connectivity index (χ1n) is 7.70. The van der Waals surface area contributed by atoms with Crippen LogP contribution in [0.5, 0.6) is 5.75 Å². The van der Waals surface area contributed by atoms with Gasteiger partial charge in [0.2, 0.25) is 0 Å². The van der Waals surface area contributed by atoms with Gasteiger partial charge in [0.1, 0.15) is 23.9 Å². The highest BCUT2D eigenvalue weighted by Crippen LogP contribution is 2.18. The van der Waals surface area contributed by atoms with Crippen molar-refractivity contribution in [2.75, 3.05) is 5.32 Å². The summed E-state index contributed by atoms with van der Waals surface area (Å²) in [5.41, 5.74) is 5.78. The molecule has 0 radical (unpaired) electrons. The number of hydrogen-bond acceptors (Lipinski definition) is 4. The van der Waals surface area contributed by atoms with E-state index >= 15 is 0 Å². The first-order chi connectivity index (χ1) is 12.5. The van der Waals surface area contributed by atoms with Gasteiger partial charge in [-0.25, -0.2) is 4.39 Å². The summed E-state index contributed by atoms with van der Waals surface area (Å²) < 4.78 is 23.7. The Labute approximate surface area is 148 Å². The van der Waals surface area contributed by atoms with Crippen molar-refractivity contribution in [3.8, 4) is 5.75 Å². The standard InChI is InChI=1S/C19H15FN2O4/c20-12-5-7-13(8-6-12)25-11-14-9-10-17(26-14)19(24)22-16-4-2-1-3-15(16)18(21)23/h1-10H,11H2,(H2,21,23)(H,22,24). The van der Waals surface area contributed by atoms with Gasteiger partial charge in [0, 0.05) is 0 Å². The Morgan fingerprint density at radius 1 is 1.04 bits per heavy atom. The molecule has 6 nitrogen and oxygen atoms in total. The van der Waals surface area contributed by atoms with Crippen LogP contribution in [0.4, 0.5) is 10.1 Å². The number of benzene rings is 2. The number of amides is 2. The zero-order valence-corrected chi connectivity index (χ0v) is 13.6. The number of anilines is 1. The van der Waals surface area contributed by atoms with Crippen LogP contribution in [0.15, 0.2) is 65.1 Å². The molecule has 0 aliphatic heterocycles. The van der Waals surface area contributed by atoms with Crippen LogP contribution in [0.2, 0.25) is 0 Å². The van der Waals surface area contributed by atoms with Crippen LogP contribution >= 0.6 is 0 Å². The van der Waals surface area contributed by atoms with Crippen molar-refractivity contribution in [3.63, 3.8) is 0 Å². The van der Waals surface area contributed by atoms with Gasteiger partial charge in [0.25, 0.3) is 11.8 Å². The third kappa shape index (κ3) is 4.07.